The van der Waals surface area contributed by atoms with Gasteiger partial charge in [0.15, 0.2) is 0 Å². The van der Waals surface area contributed by atoms with Gasteiger partial charge >= 0.3 is 0 Å². The molecule has 2 fully saturated rings. The van der Waals surface area contributed by atoms with Crippen molar-refractivity contribution in [3.05, 3.63) is 28.2 Å². The molecule has 0 radical (unpaired) electrons. The first-order chi connectivity index (χ1) is 12.1. The molecule has 2 heterocycles. The van der Waals surface area contributed by atoms with Gasteiger partial charge in [0.25, 0.3) is 0 Å². The van der Waals surface area contributed by atoms with E-state index in [2.05, 4.69) is 5.32 Å². The van der Waals surface area contributed by atoms with Crippen LogP contribution in [0.2, 0.25) is 10.0 Å². The Balaban J connectivity index is 1.53. The number of anilines is 1. The van der Waals surface area contributed by atoms with Gasteiger partial charge in [0.2, 0.25) is 11.8 Å². The Morgan fingerprint density at radius 2 is 1.60 bits per heavy atom. The van der Waals surface area contributed by atoms with Crippen molar-refractivity contribution in [3.8, 4) is 0 Å². The molecule has 0 aromatic heterocycles. The summed E-state index contributed by atoms with van der Waals surface area (Å²) in [6.07, 6.45) is 2.90. The van der Waals surface area contributed by atoms with Gasteiger partial charge in [-0.3, -0.25) is 9.59 Å². The Kier molecular flexibility index (Phi) is 6.20. The number of likely N-dealkylation sites (tertiary alicyclic amines) is 1. The second-order valence-electron chi connectivity index (χ2n) is 6.57. The summed E-state index contributed by atoms with van der Waals surface area (Å²) in [6.45, 7) is 2.55. The molecule has 0 bridgehead atoms. The van der Waals surface area contributed by atoms with Gasteiger partial charge in [-0.1, -0.05) is 29.3 Å². The van der Waals surface area contributed by atoms with Crippen molar-refractivity contribution in [2.45, 2.75) is 25.7 Å². The lowest BCUT2D eigenvalue weighted by Crippen LogP contribution is -2.45. The summed E-state index contributed by atoms with van der Waals surface area (Å²) < 4.78 is 5.32. The van der Waals surface area contributed by atoms with Crippen molar-refractivity contribution in [3.63, 3.8) is 0 Å². The molecule has 0 saturated carbocycles. The van der Waals surface area contributed by atoms with Crippen molar-refractivity contribution in [1.82, 2.24) is 4.90 Å². The number of amides is 2. The number of carbonyl (C=O) groups excluding carboxylic acids is 2. The predicted molar refractivity (Wildman–Crippen MR) is 97.9 cm³/mol. The minimum Gasteiger partial charge on any atom is -0.381 e. The molecule has 5 nitrogen and oxygen atoms in total. The normalized spacial score (nSPS) is 19.7. The van der Waals surface area contributed by atoms with Gasteiger partial charge in [0, 0.05) is 38.1 Å². The second-order valence-corrected chi connectivity index (χ2v) is 7.39. The standard InChI is InChI=1S/C18H22Cl2N2O3/c19-14-2-1-3-15(20)16(14)21-17(23)12-4-8-22(9-5-12)18(24)13-6-10-25-11-7-13/h1-3,12-13H,4-11H2,(H,21,23). The first kappa shape index (κ1) is 18.5. The highest BCUT2D eigenvalue weighted by Gasteiger charge is 2.31. The van der Waals surface area contributed by atoms with E-state index in [0.29, 0.717) is 54.9 Å². The molecule has 2 amide bonds. The summed E-state index contributed by atoms with van der Waals surface area (Å²) >= 11 is 12.2. The van der Waals surface area contributed by atoms with Gasteiger partial charge in [0.1, 0.15) is 0 Å². The third-order valence-corrected chi connectivity index (χ3v) is 5.59. The van der Waals surface area contributed by atoms with Crippen LogP contribution in [0.3, 0.4) is 0 Å². The first-order valence-electron chi connectivity index (χ1n) is 8.67. The van der Waals surface area contributed by atoms with E-state index < -0.39 is 0 Å². The Hall–Kier alpha value is -1.30. The zero-order valence-electron chi connectivity index (χ0n) is 14.0. The van der Waals surface area contributed by atoms with Crippen LogP contribution in [0.15, 0.2) is 18.2 Å². The van der Waals surface area contributed by atoms with Gasteiger partial charge in [-0.25, -0.2) is 0 Å². The van der Waals surface area contributed by atoms with Crippen LogP contribution >= 0.6 is 23.2 Å². The van der Waals surface area contributed by atoms with Crippen LogP contribution in [0.25, 0.3) is 0 Å². The van der Waals surface area contributed by atoms with Crippen LogP contribution in [-0.4, -0.2) is 43.0 Å². The molecule has 136 valence electrons. The highest BCUT2D eigenvalue weighted by atomic mass is 35.5. The molecule has 3 rings (SSSR count). The summed E-state index contributed by atoms with van der Waals surface area (Å²) in [6, 6.07) is 5.12. The van der Waals surface area contributed by atoms with Crippen molar-refractivity contribution in [2.24, 2.45) is 11.8 Å². The third-order valence-electron chi connectivity index (χ3n) is 4.96. The number of nitrogens with zero attached hydrogens (tertiary/aromatic N) is 1. The fraction of sp³-hybridized carbons (Fsp3) is 0.556. The zero-order chi connectivity index (χ0) is 17.8. The van der Waals surface area contributed by atoms with Crippen LogP contribution < -0.4 is 5.32 Å². The van der Waals surface area contributed by atoms with E-state index in [0.717, 1.165) is 12.8 Å². The van der Waals surface area contributed by atoms with Gasteiger partial charge in [-0.15, -0.1) is 0 Å². The quantitative estimate of drug-likeness (QED) is 0.865. The number of halogens is 2. The fourth-order valence-electron chi connectivity index (χ4n) is 3.41. The number of piperidine rings is 1. The Morgan fingerprint density at radius 3 is 2.20 bits per heavy atom. The SMILES string of the molecule is O=C(Nc1c(Cl)cccc1Cl)C1CCN(C(=O)C2CCOCC2)CC1. The van der Waals surface area contributed by atoms with Crippen LogP contribution in [0.5, 0.6) is 0 Å². The molecule has 0 unspecified atom stereocenters. The maximum Gasteiger partial charge on any atom is 0.227 e. The summed E-state index contributed by atoms with van der Waals surface area (Å²) in [5, 5.41) is 3.68. The summed E-state index contributed by atoms with van der Waals surface area (Å²) in [4.78, 5) is 26.9. The minimum atomic E-state index is -0.133. The molecular formula is C18H22Cl2N2O3. The van der Waals surface area contributed by atoms with Gasteiger partial charge < -0.3 is 15.0 Å². The third kappa shape index (κ3) is 4.46. The van der Waals surface area contributed by atoms with Gasteiger partial charge in [-0.05, 0) is 37.8 Å². The number of nitrogens with one attached hydrogen (secondary N) is 1. The molecule has 2 saturated heterocycles. The van der Waals surface area contributed by atoms with E-state index >= 15 is 0 Å². The number of hydrogen-bond donors (Lipinski definition) is 1. The van der Waals surface area contributed by atoms with Gasteiger partial charge in [0.05, 0.1) is 15.7 Å². The molecule has 2 aliphatic rings. The monoisotopic (exact) mass is 384 g/mol. The van der Waals surface area contributed by atoms with Crippen LogP contribution in [-0.2, 0) is 14.3 Å². The lowest BCUT2D eigenvalue weighted by Gasteiger charge is -2.34. The number of ether oxygens (including phenoxy) is 1. The maximum absolute atomic E-state index is 12.5. The number of rotatable bonds is 3. The molecule has 0 aliphatic carbocycles. The van der Waals surface area contributed by atoms with E-state index in [1.807, 2.05) is 4.90 Å². The molecule has 1 aromatic carbocycles. The number of para-hydroxylation sites is 1. The molecule has 1 aromatic rings. The van der Waals surface area contributed by atoms with Crippen LogP contribution in [0, 0.1) is 11.8 Å². The lowest BCUT2D eigenvalue weighted by molar-refractivity contribution is -0.141. The van der Waals surface area contributed by atoms with E-state index in [4.69, 9.17) is 27.9 Å². The van der Waals surface area contributed by atoms with E-state index in [1.165, 1.54) is 0 Å². The van der Waals surface area contributed by atoms with Crippen molar-refractivity contribution < 1.29 is 14.3 Å². The first-order valence-corrected chi connectivity index (χ1v) is 9.43. The van der Waals surface area contributed by atoms with Crippen molar-refractivity contribution in [1.29, 1.82) is 0 Å². The minimum absolute atomic E-state index is 0.0704. The topological polar surface area (TPSA) is 58.6 Å². The molecule has 1 N–H and O–H groups in total. The van der Waals surface area contributed by atoms with Crippen molar-refractivity contribution >= 4 is 40.7 Å². The lowest BCUT2D eigenvalue weighted by atomic mass is 9.93. The van der Waals surface area contributed by atoms with E-state index in [-0.39, 0.29) is 23.7 Å². The Bertz CT molecular complexity index is 619. The highest BCUT2D eigenvalue weighted by Crippen LogP contribution is 2.31. The largest absolute Gasteiger partial charge is 0.381 e. The second kappa shape index (κ2) is 8.39. The van der Waals surface area contributed by atoms with Crippen LogP contribution in [0.1, 0.15) is 25.7 Å². The van der Waals surface area contributed by atoms with E-state index in [1.54, 1.807) is 18.2 Å². The van der Waals surface area contributed by atoms with Crippen molar-refractivity contribution in [2.75, 3.05) is 31.6 Å². The summed E-state index contributed by atoms with van der Waals surface area (Å²) in [7, 11) is 0. The molecule has 0 spiro atoms. The molecular weight excluding hydrogens is 363 g/mol. The molecule has 2 aliphatic heterocycles. The number of carbonyl (C=O) groups is 2. The molecule has 7 heteroatoms. The van der Waals surface area contributed by atoms with Gasteiger partial charge in [-0.2, -0.15) is 0 Å². The molecule has 0 atom stereocenters. The summed E-state index contributed by atoms with van der Waals surface area (Å²) in [5.41, 5.74) is 0.455. The smallest absolute Gasteiger partial charge is 0.227 e. The average Bonchev–Trinajstić information content (AvgIpc) is 2.65. The maximum atomic E-state index is 12.5. The Morgan fingerprint density at radius 1 is 1.00 bits per heavy atom. The zero-order valence-corrected chi connectivity index (χ0v) is 15.5. The number of benzene rings is 1. The fourth-order valence-corrected chi connectivity index (χ4v) is 3.90. The average molecular weight is 385 g/mol. The highest BCUT2D eigenvalue weighted by molar-refractivity contribution is 6.39. The number of hydrogen-bond acceptors (Lipinski definition) is 3. The molecule has 25 heavy (non-hydrogen) atoms. The summed E-state index contributed by atoms with van der Waals surface area (Å²) in [5.74, 6) is 0.0524. The van der Waals surface area contributed by atoms with E-state index in [9.17, 15) is 9.59 Å². The van der Waals surface area contributed by atoms with Crippen LogP contribution in [0.4, 0.5) is 5.69 Å². The Labute approximate surface area is 157 Å². The predicted octanol–water partition coefficient (Wildman–Crippen LogP) is 3.60.